The van der Waals surface area contributed by atoms with Crippen LogP contribution in [0.4, 0.5) is 13.2 Å². The van der Waals surface area contributed by atoms with Crippen molar-refractivity contribution in [3.05, 3.63) is 65.9 Å². The molecule has 0 spiro atoms. The van der Waals surface area contributed by atoms with Crippen LogP contribution >= 0.6 is 0 Å². The third kappa shape index (κ3) is 4.02. The zero-order valence-electron chi connectivity index (χ0n) is 13.6. The zero-order valence-corrected chi connectivity index (χ0v) is 14.4. The lowest BCUT2D eigenvalue weighted by Gasteiger charge is -2.09. The molecule has 2 aromatic carbocycles. The molecule has 0 bridgehead atoms. The number of aliphatic hydroxyl groups excluding tert-OH is 1. The summed E-state index contributed by atoms with van der Waals surface area (Å²) in [5.74, 6) is 0. The van der Waals surface area contributed by atoms with Gasteiger partial charge in [0, 0.05) is 5.56 Å². The van der Waals surface area contributed by atoms with Crippen molar-refractivity contribution in [3.63, 3.8) is 0 Å². The molecular formula is C17H13F3N3O3S. The summed E-state index contributed by atoms with van der Waals surface area (Å²) in [6, 6.07) is 12.0. The molecule has 0 saturated carbocycles. The number of aromatic nitrogens is 2. The molecule has 141 valence electrons. The largest absolute Gasteiger partial charge is 0.435 e. The number of hydrogen-bond donors (Lipinski definition) is 1. The quantitative estimate of drug-likeness (QED) is 0.733. The van der Waals surface area contributed by atoms with Crippen LogP contribution in [0.25, 0.3) is 16.9 Å². The van der Waals surface area contributed by atoms with Gasteiger partial charge in [-0.2, -0.15) is 18.3 Å². The number of alkyl halides is 3. The van der Waals surface area contributed by atoms with Crippen LogP contribution in [-0.4, -0.2) is 23.3 Å². The van der Waals surface area contributed by atoms with Gasteiger partial charge in [-0.15, -0.1) is 5.14 Å². The summed E-state index contributed by atoms with van der Waals surface area (Å²) in [5.41, 5.74) is 0.298. The summed E-state index contributed by atoms with van der Waals surface area (Å²) >= 11 is 0. The highest BCUT2D eigenvalue weighted by Gasteiger charge is 2.35. The molecule has 1 heterocycles. The third-order valence-corrected chi connectivity index (χ3v) is 4.72. The summed E-state index contributed by atoms with van der Waals surface area (Å²) in [6.45, 7) is -0.198. The highest BCUT2D eigenvalue weighted by atomic mass is 32.2. The lowest BCUT2D eigenvalue weighted by atomic mass is 10.1. The van der Waals surface area contributed by atoms with Crippen LogP contribution in [0.3, 0.4) is 0 Å². The van der Waals surface area contributed by atoms with Crippen molar-refractivity contribution in [2.24, 2.45) is 0 Å². The first kappa shape index (κ1) is 19.1. The molecule has 0 atom stereocenters. The van der Waals surface area contributed by atoms with E-state index in [4.69, 9.17) is 10.2 Å². The SMILES string of the molecule is [NH]S(=O)(=O)c1ccc(-n2nc(C(F)(F)F)cc2-c2ccc(CO)cc2)cc1. The fraction of sp³-hybridized carbons (Fsp3) is 0.118. The highest BCUT2D eigenvalue weighted by molar-refractivity contribution is 7.88. The average Bonchev–Trinajstić information content (AvgIpc) is 3.07. The van der Waals surface area contributed by atoms with Crippen molar-refractivity contribution in [1.82, 2.24) is 14.9 Å². The fourth-order valence-electron chi connectivity index (χ4n) is 2.47. The zero-order chi connectivity index (χ0) is 19.8. The number of aliphatic hydroxyl groups is 1. The van der Waals surface area contributed by atoms with E-state index in [1.807, 2.05) is 0 Å². The first-order valence-electron chi connectivity index (χ1n) is 7.57. The molecule has 1 aromatic heterocycles. The summed E-state index contributed by atoms with van der Waals surface area (Å²) in [6.07, 6.45) is -4.66. The predicted octanol–water partition coefficient (Wildman–Crippen LogP) is 3.02. The van der Waals surface area contributed by atoms with E-state index in [1.165, 1.54) is 12.1 Å². The molecule has 0 unspecified atom stereocenters. The molecule has 0 saturated heterocycles. The van der Waals surface area contributed by atoms with Crippen LogP contribution in [0.5, 0.6) is 0 Å². The Bertz CT molecular complexity index is 1060. The molecule has 6 nitrogen and oxygen atoms in total. The van der Waals surface area contributed by atoms with Crippen LogP contribution in [0.1, 0.15) is 11.3 Å². The Labute approximate surface area is 152 Å². The standard InChI is InChI=1S/C17H13F3N3O3S/c18-17(19,20)16-9-15(12-3-1-11(10-24)2-4-12)23(22-16)13-5-7-14(8-6-13)27(21,25)26/h1-9,21,24H,10H2. The van der Waals surface area contributed by atoms with Crippen molar-refractivity contribution in [2.75, 3.05) is 0 Å². The number of rotatable bonds is 4. The third-order valence-electron chi connectivity index (χ3n) is 3.82. The normalized spacial score (nSPS) is 12.3. The molecule has 10 heteroatoms. The minimum Gasteiger partial charge on any atom is -0.392 e. The number of sulfonamides is 1. The van der Waals surface area contributed by atoms with Crippen LogP contribution in [0.2, 0.25) is 0 Å². The van der Waals surface area contributed by atoms with E-state index in [-0.39, 0.29) is 22.9 Å². The molecule has 0 amide bonds. The topological polar surface area (TPSA) is 96.0 Å². The summed E-state index contributed by atoms with van der Waals surface area (Å²) in [4.78, 5) is -0.275. The van der Waals surface area contributed by atoms with E-state index < -0.39 is 21.9 Å². The lowest BCUT2D eigenvalue weighted by Crippen LogP contribution is -2.07. The second kappa shape index (κ2) is 6.80. The van der Waals surface area contributed by atoms with Crippen LogP contribution in [-0.2, 0) is 22.8 Å². The lowest BCUT2D eigenvalue weighted by molar-refractivity contribution is -0.141. The van der Waals surface area contributed by atoms with E-state index in [1.54, 1.807) is 24.3 Å². The smallest absolute Gasteiger partial charge is 0.392 e. The van der Waals surface area contributed by atoms with Gasteiger partial charge in [0.15, 0.2) is 5.69 Å². The van der Waals surface area contributed by atoms with Gasteiger partial charge in [-0.3, -0.25) is 0 Å². The van der Waals surface area contributed by atoms with Crippen molar-refractivity contribution in [2.45, 2.75) is 17.7 Å². The second-order valence-electron chi connectivity index (χ2n) is 5.68. The number of nitrogens with zero attached hydrogens (tertiary/aromatic N) is 2. The maximum Gasteiger partial charge on any atom is 0.435 e. The predicted molar refractivity (Wildman–Crippen MR) is 90.2 cm³/mol. The maximum absolute atomic E-state index is 13.1. The fourth-order valence-corrected chi connectivity index (χ4v) is 2.96. The Morgan fingerprint density at radius 2 is 1.63 bits per heavy atom. The Morgan fingerprint density at radius 3 is 2.11 bits per heavy atom. The van der Waals surface area contributed by atoms with Gasteiger partial charge in [-0.25, -0.2) is 13.1 Å². The second-order valence-corrected chi connectivity index (χ2v) is 7.16. The van der Waals surface area contributed by atoms with Gasteiger partial charge in [0.2, 0.25) is 0 Å². The highest BCUT2D eigenvalue weighted by Crippen LogP contribution is 2.33. The number of hydrogen-bond acceptors (Lipinski definition) is 4. The summed E-state index contributed by atoms with van der Waals surface area (Å²) in [5, 5.41) is 19.7. The molecule has 0 aliphatic rings. The average molecular weight is 396 g/mol. The Hall–Kier alpha value is -2.69. The molecule has 27 heavy (non-hydrogen) atoms. The monoisotopic (exact) mass is 396 g/mol. The van der Waals surface area contributed by atoms with Gasteiger partial charge in [0.1, 0.15) is 0 Å². The molecule has 0 fully saturated rings. The van der Waals surface area contributed by atoms with Gasteiger partial charge in [0.05, 0.1) is 22.9 Å². The van der Waals surface area contributed by atoms with Gasteiger partial charge in [-0.1, -0.05) is 24.3 Å². The van der Waals surface area contributed by atoms with Crippen LogP contribution in [0, 0.1) is 0 Å². The van der Waals surface area contributed by atoms with Crippen molar-refractivity contribution < 1.29 is 26.7 Å². The van der Waals surface area contributed by atoms with Gasteiger partial charge >= 0.3 is 6.18 Å². The molecular weight excluding hydrogens is 383 g/mol. The number of nitrogens with one attached hydrogen (secondary N) is 1. The van der Waals surface area contributed by atoms with Crippen LogP contribution < -0.4 is 5.14 Å². The first-order chi connectivity index (χ1) is 12.6. The summed E-state index contributed by atoms with van der Waals surface area (Å²) < 4.78 is 62.9. The van der Waals surface area contributed by atoms with E-state index in [0.717, 1.165) is 22.9 Å². The molecule has 2 N–H and O–H groups in total. The molecule has 3 aromatic rings. The van der Waals surface area contributed by atoms with Crippen molar-refractivity contribution >= 4 is 10.0 Å². The molecule has 1 radical (unpaired) electrons. The minimum atomic E-state index is -4.66. The minimum absolute atomic E-state index is 0.147. The van der Waals surface area contributed by atoms with Crippen LogP contribution in [0.15, 0.2) is 59.5 Å². The van der Waals surface area contributed by atoms with Crippen molar-refractivity contribution in [3.8, 4) is 16.9 Å². The number of benzene rings is 2. The van der Waals surface area contributed by atoms with Gasteiger partial charge < -0.3 is 5.11 Å². The van der Waals surface area contributed by atoms with E-state index >= 15 is 0 Å². The van der Waals surface area contributed by atoms with E-state index in [0.29, 0.717) is 11.1 Å². The summed E-state index contributed by atoms with van der Waals surface area (Å²) in [7, 11) is -4.17. The molecule has 0 aliphatic heterocycles. The Balaban J connectivity index is 2.14. The van der Waals surface area contributed by atoms with E-state index in [9.17, 15) is 21.6 Å². The number of halogens is 3. The Kier molecular flexibility index (Phi) is 4.81. The van der Waals surface area contributed by atoms with Crippen molar-refractivity contribution in [1.29, 1.82) is 0 Å². The maximum atomic E-state index is 13.1. The molecule has 0 aliphatic carbocycles. The first-order valence-corrected chi connectivity index (χ1v) is 9.05. The Morgan fingerprint density at radius 1 is 1.04 bits per heavy atom. The molecule has 3 rings (SSSR count). The van der Waals surface area contributed by atoms with Gasteiger partial charge in [-0.05, 0) is 35.9 Å². The van der Waals surface area contributed by atoms with Gasteiger partial charge in [0.25, 0.3) is 10.0 Å². The van der Waals surface area contributed by atoms with E-state index in [2.05, 4.69) is 5.10 Å².